The van der Waals surface area contributed by atoms with Crippen LogP contribution < -0.4 is 4.90 Å². The Labute approximate surface area is 115 Å². The van der Waals surface area contributed by atoms with Crippen LogP contribution in [0.3, 0.4) is 0 Å². The van der Waals surface area contributed by atoms with E-state index in [2.05, 4.69) is 4.98 Å². The molecule has 0 aliphatic rings. The first-order chi connectivity index (χ1) is 9.61. The average molecular weight is 276 g/mol. The van der Waals surface area contributed by atoms with Gasteiger partial charge < -0.3 is 9.47 Å². The zero-order valence-electron chi connectivity index (χ0n) is 11.1. The highest BCUT2D eigenvalue weighted by atomic mass is 19.1. The molecule has 2 aromatic rings. The normalized spacial score (nSPS) is 10.3. The van der Waals surface area contributed by atoms with Gasteiger partial charge in [-0.15, -0.1) is 0 Å². The number of hydrogen-bond donors (Lipinski definition) is 0. The minimum atomic E-state index is -0.716. The van der Waals surface area contributed by atoms with Crippen molar-refractivity contribution in [2.24, 2.45) is 0 Å². The molecular formula is C14H14F2N4. The second kappa shape index (κ2) is 6.15. The molecule has 1 aromatic carbocycles. The molecule has 0 N–H and O–H groups in total. The first-order valence-corrected chi connectivity index (χ1v) is 6.18. The van der Waals surface area contributed by atoms with Gasteiger partial charge in [-0.25, -0.2) is 13.8 Å². The van der Waals surface area contributed by atoms with Crippen LogP contribution >= 0.6 is 0 Å². The van der Waals surface area contributed by atoms with E-state index in [9.17, 15) is 8.78 Å². The molecule has 0 saturated heterocycles. The number of nitrogens with zero attached hydrogens (tertiary/aromatic N) is 4. The van der Waals surface area contributed by atoms with Gasteiger partial charge in [0.2, 0.25) is 0 Å². The van der Waals surface area contributed by atoms with Crippen LogP contribution in [-0.4, -0.2) is 23.1 Å². The van der Waals surface area contributed by atoms with Crippen molar-refractivity contribution in [3.8, 4) is 6.07 Å². The van der Waals surface area contributed by atoms with Crippen molar-refractivity contribution in [2.75, 3.05) is 18.5 Å². The molecular weight excluding hydrogens is 262 g/mol. The highest BCUT2D eigenvalue weighted by molar-refractivity contribution is 5.52. The Morgan fingerprint density at radius 3 is 2.60 bits per heavy atom. The molecule has 0 aliphatic heterocycles. The number of hydrogen-bond acceptors (Lipinski definition) is 3. The molecule has 0 saturated carbocycles. The second-order valence-electron chi connectivity index (χ2n) is 4.48. The number of rotatable bonds is 5. The van der Waals surface area contributed by atoms with Crippen LogP contribution in [0.5, 0.6) is 0 Å². The highest BCUT2D eigenvalue weighted by Crippen LogP contribution is 2.24. The maximum Gasteiger partial charge on any atom is 0.150 e. The van der Waals surface area contributed by atoms with Gasteiger partial charge in [0.1, 0.15) is 5.69 Å². The number of benzene rings is 1. The molecule has 0 bridgehead atoms. The van der Waals surface area contributed by atoms with Crippen LogP contribution in [0, 0.1) is 23.0 Å². The van der Waals surface area contributed by atoms with Gasteiger partial charge in [-0.2, -0.15) is 5.26 Å². The lowest BCUT2D eigenvalue weighted by Crippen LogP contribution is -2.22. The predicted octanol–water partition coefficient (Wildman–Crippen LogP) is 2.56. The molecule has 0 unspecified atom stereocenters. The Bertz CT molecular complexity index is 594. The quantitative estimate of drug-likeness (QED) is 0.843. The molecule has 0 amide bonds. The smallest absolute Gasteiger partial charge is 0.150 e. The third-order valence-corrected chi connectivity index (χ3v) is 3.00. The van der Waals surface area contributed by atoms with Crippen molar-refractivity contribution in [1.82, 2.24) is 9.55 Å². The lowest BCUT2D eigenvalue weighted by molar-refractivity contribution is 0.567. The molecule has 0 atom stereocenters. The fraction of sp³-hybridized carbons (Fsp3) is 0.286. The number of nitriles is 1. The predicted molar refractivity (Wildman–Crippen MR) is 71.2 cm³/mol. The molecule has 6 heteroatoms. The van der Waals surface area contributed by atoms with Crippen molar-refractivity contribution in [1.29, 1.82) is 5.26 Å². The lowest BCUT2D eigenvalue weighted by Gasteiger charge is -2.20. The Morgan fingerprint density at radius 2 is 2.05 bits per heavy atom. The lowest BCUT2D eigenvalue weighted by atomic mass is 10.2. The fourth-order valence-electron chi connectivity index (χ4n) is 2.02. The summed E-state index contributed by atoms with van der Waals surface area (Å²) in [6, 6.07) is 3.82. The zero-order chi connectivity index (χ0) is 14.5. The van der Waals surface area contributed by atoms with E-state index in [0.29, 0.717) is 6.54 Å². The number of aryl methyl sites for hydroxylation is 1. The van der Waals surface area contributed by atoms with Gasteiger partial charge in [0.15, 0.2) is 11.6 Å². The van der Waals surface area contributed by atoms with Crippen molar-refractivity contribution in [3.63, 3.8) is 0 Å². The summed E-state index contributed by atoms with van der Waals surface area (Å²) in [5.41, 5.74) is -0.120. The highest BCUT2D eigenvalue weighted by Gasteiger charge is 2.15. The summed E-state index contributed by atoms with van der Waals surface area (Å²) in [7, 11) is 1.63. The first kappa shape index (κ1) is 14.0. The van der Waals surface area contributed by atoms with Gasteiger partial charge in [0, 0.05) is 32.5 Å². The monoisotopic (exact) mass is 276 g/mol. The largest absolute Gasteiger partial charge is 0.370 e. The van der Waals surface area contributed by atoms with Crippen molar-refractivity contribution < 1.29 is 8.78 Å². The maximum atomic E-state index is 13.8. The molecule has 1 heterocycles. The summed E-state index contributed by atoms with van der Waals surface area (Å²) in [6.45, 7) is 1.22. The third kappa shape index (κ3) is 3.12. The van der Waals surface area contributed by atoms with E-state index in [1.54, 1.807) is 25.6 Å². The molecule has 0 aliphatic carbocycles. The van der Waals surface area contributed by atoms with E-state index in [-0.39, 0.29) is 11.3 Å². The number of aromatic nitrogens is 2. The first-order valence-electron chi connectivity index (χ1n) is 6.18. The van der Waals surface area contributed by atoms with Crippen LogP contribution in [0.1, 0.15) is 12.0 Å². The minimum Gasteiger partial charge on any atom is -0.370 e. The standard InChI is InChI=1S/C14H14F2N4/c1-19(4-2-5-20-6-3-18-10-20)14-12(15)7-11(9-17)8-13(14)16/h3,6-8,10H,2,4-5H2,1H3. The average Bonchev–Trinajstić information content (AvgIpc) is 2.91. The number of anilines is 1. The van der Waals surface area contributed by atoms with E-state index in [1.165, 1.54) is 4.90 Å². The van der Waals surface area contributed by atoms with Crippen LogP contribution in [0.25, 0.3) is 0 Å². The molecule has 20 heavy (non-hydrogen) atoms. The third-order valence-electron chi connectivity index (χ3n) is 3.00. The molecule has 0 spiro atoms. The molecule has 0 radical (unpaired) electrons. The Kier molecular flexibility index (Phi) is 4.31. The van der Waals surface area contributed by atoms with E-state index in [1.807, 2.05) is 10.8 Å². The summed E-state index contributed by atoms with van der Waals surface area (Å²) in [6.07, 6.45) is 5.95. The van der Waals surface area contributed by atoms with E-state index >= 15 is 0 Å². The van der Waals surface area contributed by atoms with E-state index in [4.69, 9.17) is 5.26 Å². The van der Waals surface area contributed by atoms with Gasteiger partial charge in [-0.1, -0.05) is 0 Å². The zero-order valence-corrected chi connectivity index (χ0v) is 11.1. The molecule has 0 fully saturated rings. The van der Waals surface area contributed by atoms with Gasteiger partial charge in [0.25, 0.3) is 0 Å². The van der Waals surface area contributed by atoms with Crippen LogP contribution in [0.2, 0.25) is 0 Å². The topological polar surface area (TPSA) is 44.9 Å². The summed E-state index contributed by atoms with van der Waals surface area (Å²) >= 11 is 0. The van der Waals surface area contributed by atoms with Crippen LogP contribution in [0.4, 0.5) is 14.5 Å². The molecule has 1 aromatic heterocycles. The van der Waals surface area contributed by atoms with Crippen molar-refractivity contribution >= 4 is 5.69 Å². The Balaban J connectivity index is 2.02. The number of imidazole rings is 1. The van der Waals surface area contributed by atoms with Gasteiger partial charge in [-0.3, -0.25) is 0 Å². The maximum absolute atomic E-state index is 13.8. The SMILES string of the molecule is CN(CCCn1ccnc1)c1c(F)cc(C#N)cc1F. The van der Waals surface area contributed by atoms with E-state index < -0.39 is 11.6 Å². The molecule has 4 nitrogen and oxygen atoms in total. The van der Waals surface area contributed by atoms with Crippen molar-refractivity contribution in [2.45, 2.75) is 13.0 Å². The molecule has 2 rings (SSSR count). The van der Waals surface area contributed by atoms with Crippen LogP contribution in [0.15, 0.2) is 30.9 Å². The Hall–Kier alpha value is -2.42. The second-order valence-corrected chi connectivity index (χ2v) is 4.48. The fourth-order valence-corrected chi connectivity index (χ4v) is 2.02. The summed E-state index contributed by atoms with van der Waals surface area (Å²) in [5, 5.41) is 8.66. The Morgan fingerprint density at radius 1 is 1.35 bits per heavy atom. The van der Waals surface area contributed by atoms with Gasteiger partial charge in [-0.05, 0) is 18.6 Å². The summed E-state index contributed by atoms with van der Waals surface area (Å²) in [4.78, 5) is 5.44. The number of halogens is 2. The summed E-state index contributed by atoms with van der Waals surface area (Å²) in [5.74, 6) is -1.43. The van der Waals surface area contributed by atoms with Crippen molar-refractivity contribution in [3.05, 3.63) is 48.1 Å². The molecule has 104 valence electrons. The van der Waals surface area contributed by atoms with Gasteiger partial charge >= 0.3 is 0 Å². The van der Waals surface area contributed by atoms with E-state index in [0.717, 1.165) is 25.1 Å². The minimum absolute atomic E-state index is 0.0180. The van der Waals surface area contributed by atoms with Gasteiger partial charge in [0.05, 0.1) is 18.0 Å². The van der Waals surface area contributed by atoms with Crippen LogP contribution in [-0.2, 0) is 6.54 Å². The summed E-state index contributed by atoms with van der Waals surface area (Å²) < 4.78 is 29.5.